The van der Waals surface area contributed by atoms with Crippen molar-refractivity contribution in [1.82, 2.24) is 0 Å². The number of carbonyl (C=O) groups is 1. The molecule has 0 amide bonds. The standard InChI is InChI=1S/C19H14F6N2O7/c1-16(18(20,21)22,11-3-7-13(8-4-11)26(29)30)33-15(28)34-17(2,19(23,24)25)12-5-9-14(10-6-12)27(31)32/h3-10H,1-2H3. The molecule has 2 rings (SSSR count). The van der Waals surface area contributed by atoms with E-state index in [1.54, 1.807) is 0 Å². The van der Waals surface area contributed by atoms with Gasteiger partial charge in [-0.15, -0.1) is 0 Å². The second-order valence-electron chi connectivity index (χ2n) is 7.12. The number of carbonyl (C=O) groups excluding carboxylic acids is 1. The zero-order valence-corrected chi connectivity index (χ0v) is 17.1. The zero-order chi connectivity index (χ0) is 26.1. The number of benzene rings is 2. The fraction of sp³-hybridized carbons (Fsp3) is 0.316. The SMILES string of the molecule is CC(OC(=O)OC(C)(c1ccc([N+](=O)[O-])cc1)C(F)(F)F)(c1ccc([N+](=O)[O-])cc1)C(F)(F)F. The normalized spacial score (nSPS) is 15.5. The first kappa shape index (κ1) is 26.3. The minimum Gasteiger partial charge on any atom is -0.413 e. The minimum absolute atomic E-state index is 0.326. The van der Waals surface area contributed by atoms with Crippen LogP contribution in [0.2, 0.25) is 0 Å². The summed E-state index contributed by atoms with van der Waals surface area (Å²) in [6, 6.07) is 5.23. The van der Waals surface area contributed by atoms with Gasteiger partial charge in [-0.05, 0) is 38.1 Å². The summed E-state index contributed by atoms with van der Waals surface area (Å²) in [6.45, 7) is 0.651. The summed E-state index contributed by atoms with van der Waals surface area (Å²) in [5.74, 6) is 0. The van der Waals surface area contributed by atoms with Crippen LogP contribution in [-0.2, 0) is 20.7 Å². The van der Waals surface area contributed by atoms with Gasteiger partial charge < -0.3 is 9.47 Å². The molecule has 0 radical (unpaired) electrons. The number of nitrogens with zero attached hydrogens (tertiary/aromatic N) is 2. The Balaban J connectivity index is 2.43. The van der Waals surface area contributed by atoms with Gasteiger partial charge in [-0.3, -0.25) is 20.2 Å². The van der Waals surface area contributed by atoms with Gasteiger partial charge in [-0.1, -0.05) is 0 Å². The van der Waals surface area contributed by atoms with Crippen LogP contribution in [0.1, 0.15) is 25.0 Å². The molecule has 0 heterocycles. The van der Waals surface area contributed by atoms with Crippen molar-refractivity contribution >= 4 is 17.5 Å². The predicted molar refractivity (Wildman–Crippen MR) is 101 cm³/mol. The summed E-state index contributed by atoms with van der Waals surface area (Å²) < 4.78 is 91.2. The molecule has 2 unspecified atom stereocenters. The Kier molecular flexibility index (Phi) is 6.81. The topological polar surface area (TPSA) is 122 Å². The van der Waals surface area contributed by atoms with Crippen LogP contribution in [0, 0.1) is 20.2 Å². The maximum Gasteiger partial charge on any atom is 0.510 e. The van der Waals surface area contributed by atoms with Gasteiger partial charge in [-0.2, -0.15) is 26.3 Å². The molecule has 0 aliphatic carbocycles. The predicted octanol–water partition coefficient (Wildman–Crippen LogP) is 5.91. The zero-order valence-electron chi connectivity index (χ0n) is 17.1. The van der Waals surface area contributed by atoms with E-state index in [0.29, 0.717) is 62.4 Å². The molecule has 2 aromatic rings. The highest BCUT2D eigenvalue weighted by Gasteiger charge is 2.60. The number of nitro benzene ring substituents is 2. The van der Waals surface area contributed by atoms with Gasteiger partial charge in [0.25, 0.3) is 11.4 Å². The van der Waals surface area contributed by atoms with Gasteiger partial charge in [0.05, 0.1) is 9.85 Å². The first-order valence-corrected chi connectivity index (χ1v) is 8.97. The number of ether oxygens (including phenoxy) is 2. The molecule has 0 aromatic heterocycles. The van der Waals surface area contributed by atoms with E-state index < -0.39 is 62.1 Å². The summed E-state index contributed by atoms with van der Waals surface area (Å²) in [5, 5.41) is 21.4. The molecule has 0 spiro atoms. The van der Waals surface area contributed by atoms with Gasteiger partial charge in [0.15, 0.2) is 0 Å². The maximum atomic E-state index is 13.8. The van der Waals surface area contributed by atoms with Crippen LogP contribution in [0.4, 0.5) is 42.5 Å². The van der Waals surface area contributed by atoms with Crippen LogP contribution in [0.5, 0.6) is 0 Å². The lowest BCUT2D eigenvalue weighted by atomic mass is 9.94. The van der Waals surface area contributed by atoms with E-state index in [1.165, 1.54) is 0 Å². The summed E-state index contributed by atoms with van der Waals surface area (Å²) in [4.78, 5) is 31.8. The van der Waals surface area contributed by atoms with Crippen LogP contribution in [0.3, 0.4) is 0 Å². The van der Waals surface area contributed by atoms with Crippen molar-refractivity contribution in [2.24, 2.45) is 0 Å². The Hall–Kier alpha value is -3.91. The smallest absolute Gasteiger partial charge is 0.413 e. The Labute approximate surface area is 186 Å². The Morgan fingerprint density at radius 3 is 1.15 bits per heavy atom. The van der Waals surface area contributed by atoms with Gasteiger partial charge in [0.2, 0.25) is 11.2 Å². The number of rotatable bonds is 6. The molecule has 9 nitrogen and oxygen atoms in total. The van der Waals surface area contributed by atoms with Crippen LogP contribution in [0.25, 0.3) is 0 Å². The number of hydrogen-bond donors (Lipinski definition) is 0. The molecule has 0 fully saturated rings. The van der Waals surface area contributed by atoms with Crippen LogP contribution in [-0.4, -0.2) is 28.4 Å². The van der Waals surface area contributed by atoms with E-state index in [9.17, 15) is 51.4 Å². The van der Waals surface area contributed by atoms with Gasteiger partial charge >= 0.3 is 18.5 Å². The lowest BCUT2D eigenvalue weighted by molar-refractivity contribution is -0.385. The molecule has 0 saturated carbocycles. The molecular weight excluding hydrogens is 482 g/mol. The van der Waals surface area contributed by atoms with Crippen molar-refractivity contribution in [2.45, 2.75) is 37.4 Å². The van der Waals surface area contributed by atoms with Crippen LogP contribution >= 0.6 is 0 Å². The number of nitro groups is 2. The Bertz CT molecular complexity index is 1000. The highest BCUT2D eigenvalue weighted by atomic mass is 19.4. The molecular formula is C19H14F6N2O7. The van der Waals surface area contributed by atoms with E-state index in [1.807, 2.05) is 0 Å². The second kappa shape index (κ2) is 8.79. The Morgan fingerprint density at radius 1 is 0.676 bits per heavy atom. The van der Waals surface area contributed by atoms with Gasteiger partial charge in [0, 0.05) is 35.4 Å². The van der Waals surface area contributed by atoms with Gasteiger partial charge in [0.1, 0.15) is 0 Å². The third kappa shape index (κ3) is 5.02. The van der Waals surface area contributed by atoms with Crippen molar-refractivity contribution < 1.29 is 50.5 Å². The quantitative estimate of drug-likeness (QED) is 0.211. The van der Waals surface area contributed by atoms with E-state index >= 15 is 0 Å². The first-order chi connectivity index (χ1) is 15.4. The maximum absolute atomic E-state index is 13.8. The lowest BCUT2D eigenvalue weighted by Crippen LogP contribution is -2.48. The van der Waals surface area contributed by atoms with Crippen LogP contribution < -0.4 is 0 Å². The number of halogens is 6. The lowest BCUT2D eigenvalue weighted by Gasteiger charge is -2.35. The fourth-order valence-electron chi connectivity index (χ4n) is 2.72. The summed E-state index contributed by atoms with van der Waals surface area (Å²) in [6.07, 6.45) is -13.1. The highest BCUT2D eigenvalue weighted by Crippen LogP contribution is 2.46. The molecule has 2 atom stereocenters. The molecule has 15 heteroatoms. The third-order valence-electron chi connectivity index (χ3n) is 4.91. The second-order valence-corrected chi connectivity index (χ2v) is 7.12. The largest absolute Gasteiger partial charge is 0.510 e. The average Bonchev–Trinajstić information content (AvgIpc) is 2.72. The molecule has 0 N–H and O–H groups in total. The average molecular weight is 496 g/mol. The molecule has 34 heavy (non-hydrogen) atoms. The molecule has 0 saturated heterocycles. The summed E-state index contributed by atoms with van der Waals surface area (Å²) >= 11 is 0. The minimum atomic E-state index is -5.37. The van der Waals surface area contributed by atoms with E-state index in [0.717, 1.165) is 0 Å². The third-order valence-corrected chi connectivity index (χ3v) is 4.91. The Morgan fingerprint density at radius 2 is 0.941 bits per heavy atom. The molecule has 184 valence electrons. The molecule has 0 bridgehead atoms. The number of non-ortho nitro benzene ring substituents is 2. The summed E-state index contributed by atoms with van der Waals surface area (Å²) in [7, 11) is 0. The number of alkyl halides is 6. The van der Waals surface area contributed by atoms with E-state index in [2.05, 4.69) is 9.47 Å². The van der Waals surface area contributed by atoms with Crippen molar-refractivity contribution in [2.75, 3.05) is 0 Å². The van der Waals surface area contributed by atoms with Crippen molar-refractivity contribution in [1.29, 1.82) is 0 Å². The molecule has 0 aliphatic heterocycles. The van der Waals surface area contributed by atoms with Crippen molar-refractivity contribution in [3.8, 4) is 0 Å². The van der Waals surface area contributed by atoms with Crippen molar-refractivity contribution in [3.05, 3.63) is 79.9 Å². The molecule has 0 aliphatic rings. The summed E-state index contributed by atoms with van der Waals surface area (Å²) in [5.41, 5.74) is -9.90. The first-order valence-electron chi connectivity index (χ1n) is 8.97. The van der Waals surface area contributed by atoms with Crippen molar-refractivity contribution in [3.63, 3.8) is 0 Å². The monoisotopic (exact) mass is 496 g/mol. The van der Waals surface area contributed by atoms with E-state index in [-0.39, 0.29) is 0 Å². The number of hydrogen-bond acceptors (Lipinski definition) is 7. The van der Waals surface area contributed by atoms with Crippen LogP contribution in [0.15, 0.2) is 48.5 Å². The van der Waals surface area contributed by atoms with Gasteiger partial charge in [-0.25, -0.2) is 4.79 Å². The fourth-order valence-corrected chi connectivity index (χ4v) is 2.72. The van der Waals surface area contributed by atoms with E-state index in [4.69, 9.17) is 0 Å². The highest BCUT2D eigenvalue weighted by molar-refractivity contribution is 5.62. The molecule has 2 aromatic carbocycles.